The second-order valence-electron chi connectivity index (χ2n) is 2.57. The molecule has 0 saturated carbocycles. The van der Waals surface area contributed by atoms with Crippen LogP contribution in [-0.4, -0.2) is 11.5 Å². The number of rotatable bonds is 2. The minimum atomic E-state index is -3.04. The van der Waals surface area contributed by atoms with Gasteiger partial charge < -0.3 is 5.11 Å². The zero-order valence-electron chi connectivity index (χ0n) is 6.65. The molecule has 1 rings (SSSR count). The van der Waals surface area contributed by atoms with E-state index in [2.05, 4.69) is 15.9 Å². The fraction of sp³-hybridized carbons (Fsp3) is 0.250. The Kier molecular flexibility index (Phi) is 3.80. The zero-order chi connectivity index (χ0) is 10.9. The maximum absolute atomic E-state index is 13.1. The second kappa shape index (κ2) is 4.51. The van der Waals surface area contributed by atoms with E-state index in [4.69, 9.17) is 16.7 Å². The van der Waals surface area contributed by atoms with Crippen LogP contribution in [0.3, 0.4) is 0 Å². The van der Waals surface area contributed by atoms with Gasteiger partial charge in [-0.05, 0) is 28.1 Å². The average Bonchev–Trinajstić information content (AvgIpc) is 2.10. The Bertz CT molecular complexity index is 346. The van der Waals surface area contributed by atoms with E-state index in [0.29, 0.717) is 0 Å². The lowest BCUT2D eigenvalue weighted by molar-refractivity contribution is -0.00771. The van der Waals surface area contributed by atoms with E-state index in [1.165, 1.54) is 0 Å². The molecule has 0 fully saturated rings. The van der Waals surface area contributed by atoms with Crippen molar-refractivity contribution in [1.82, 2.24) is 0 Å². The molecule has 1 aromatic carbocycles. The average molecular weight is 289 g/mol. The number of hydrogen-bond donors (Lipinski definition) is 1. The number of halogens is 5. The highest BCUT2D eigenvalue weighted by Gasteiger charge is 2.23. The predicted octanol–water partition coefficient (Wildman–Crippen LogP) is 3.54. The molecule has 1 aromatic rings. The summed E-state index contributed by atoms with van der Waals surface area (Å²) in [6.07, 6.45) is -5.19. The number of hydrogen-bond acceptors (Lipinski definition) is 1. The van der Waals surface area contributed by atoms with Gasteiger partial charge in [-0.25, -0.2) is 13.2 Å². The molecule has 0 amide bonds. The topological polar surface area (TPSA) is 20.2 Å². The Morgan fingerprint density at radius 3 is 2.43 bits per heavy atom. The predicted molar refractivity (Wildman–Crippen MR) is 50.1 cm³/mol. The van der Waals surface area contributed by atoms with Gasteiger partial charge in [-0.2, -0.15) is 0 Å². The van der Waals surface area contributed by atoms with Gasteiger partial charge in [0.05, 0.1) is 5.02 Å². The first-order chi connectivity index (χ1) is 6.43. The Hall–Kier alpha value is -0.260. The molecule has 0 saturated heterocycles. The van der Waals surface area contributed by atoms with E-state index in [1.807, 2.05) is 0 Å². The first-order valence-electron chi connectivity index (χ1n) is 3.54. The maximum atomic E-state index is 13.1. The monoisotopic (exact) mass is 288 g/mol. The third-order valence-corrected chi connectivity index (χ3v) is 2.79. The number of aliphatic hydroxyl groups excluding tert-OH is 1. The van der Waals surface area contributed by atoms with Crippen LogP contribution in [0.15, 0.2) is 16.6 Å². The molecule has 1 atom stereocenters. The van der Waals surface area contributed by atoms with Gasteiger partial charge in [-0.1, -0.05) is 11.6 Å². The molecular formula is C8H5BrClF3O. The third kappa shape index (κ3) is 2.40. The summed E-state index contributed by atoms with van der Waals surface area (Å²) in [5.41, 5.74) is -0.506. The summed E-state index contributed by atoms with van der Waals surface area (Å²) in [5.74, 6) is -0.922. The van der Waals surface area contributed by atoms with Crippen molar-refractivity contribution in [2.45, 2.75) is 12.5 Å². The van der Waals surface area contributed by atoms with Gasteiger partial charge in [0.1, 0.15) is 11.9 Å². The highest BCUT2D eigenvalue weighted by Crippen LogP contribution is 2.30. The lowest BCUT2D eigenvalue weighted by Gasteiger charge is -2.11. The molecule has 0 spiro atoms. The van der Waals surface area contributed by atoms with E-state index in [9.17, 15) is 13.2 Å². The highest BCUT2D eigenvalue weighted by atomic mass is 79.9. The lowest BCUT2D eigenvalue weighted by atomic mass is 10.1. The molecule has 0 heterocycles. The summed E-state index contributed by atoms with van der Waals surface area (Å²) >= 11 is 8.49. The van der Waals surface area contributed by atoms with Crippen molar-refractivity contribution in [2.24, 2.45) is 0 Å². The second-order valence-corrected chi connectivity index (χ2v) is 3.83. The first-order valence-corrected chi connectivity index (χ1v) is 4.71. The zero-order valence-corrected chi connectivity index (χ0v) is 8.99. The maximum Gasteiger partial charge on any atom is 0.268 e. The minimum Gasteiger partial charge on any atom is -0.382 e. The number of alkyl halides is 2. The van der Waals surface area contributed by atoms with Crippen molar-refractivity contribution in [1.29, 1.82) is 0 Å². The third-order valence-electron chi connectivity index (χ3n) is 1.60. The molecule has 0 aliphatic rings. The van der Waals surface area contributed by atoms with Crippen LogP contribution in [0.4, 0.5) is 13.2 Å². The summed E-state index contributed by atoms with van der Waals surface area (Å²) in [7, 11) is 0. The van der Waals surface area contributed by atoms with Crippen LogP contribution < -0.4 is 0 Å². The van der Waals surface area contributed by atoms with Gasteiger partial charge in [0.2, 0.25) is 0 Å². The van der Waals surface area contributed by atoms with Gasteiger partial charge in [-0.3, -0.25) is 0 Å². The van der Waals surface area contributed by atoms with Gasteiger partial charge in [0, 0.05) is 10.0 Å². The molecule has 0 aromatic heterocycles. The summed E-state index contributed by atoms with van der Waals surface area (Å²) < 4.78 is 37.4. The van der Waals surface area contributed by atoms with Gasteiger partial charge in [-0.15, -0.1) is 0 Å². The minimum absolute atomic E-state index is 0.0705. The normalized spacial score (nSPS) is 13.4. The molecule has 0 aliphatic carbocycles. The molecule has 6 heteroatoms. The molecule has 0 radical (unpaired) electrons. The lowest BCUT2D eigenvalue weighted by Crippen LogP contribution is -2.10. The largest absolute Gasteiger partial charge is 0.382 e. The summed E-state index contributed by atoms with van der Waals surface area (Å²) in [6, 6.07) is 1.90. The first kappa shape index (κ1) is 11.8. The summed E-state index contributed by atoms with van der Waals surface area (Å²) in [6.45, 7) is 0. The van der Waals surface area contributed by atoms with Crippen LogP contribution in [0.2, 0.25) is 5.02 Å². The Morgan fingerprint density at radius 2 is 1.93 bits per heavy atom. The van der Waals surface area contributed by atoms with Crippen LogP contribution in [0.1, 0.15) is 11.7 Å². The van der Waals surface area contributed by atoms with Crippen LogP contribution in [0.5, 0.6) is 0 Å². The summed E-state index contributed by atoms with van der Waals surface area (Å²) in [5, 5.41) is 9.00. The van der Waals surface area contributed by atoms with Crippen LogP contribution in [0.25, 0.3) is 0 Å². The van der Waals surface area contributed by atoms with Crippen molar-refractivity contribution in [2.75, 3.05) is 0 Å². The quantitative estimate of drug-likeness (QED) is 0.826. The van der Waals surface area contributed by atoms with E-state index in [-0.39, 0.29) is 9.50 Å². The summed E-state index contributed by atoms with van der Waals surface area (Å²) in [4.78, 5) is 0. The van der Waals surface area contributed by atoms with Crippen molar-refractivity contribution in [3.05, 3.63) is 33.0 Å². The van der Waals surface area contributed by atoms with E-state index < -0.39 is 23.9 Å². The van der Waals surface area contributed by atoms with E-state index in [0.717, 1.165) is 12.1 Å². The van der Waals surface area contributed by atoms with Crippen molar-refractivity contribution in [3.63, 3.8) is 0 Å². The Balaban J connectivity index is 3.15. The van der Waals surface area contributed by atoms with E-state index in [1.54, 1.807) is 0 Å². The van der Waals surface area contributed by atoms with Crippen LogP contribution >= 0.6 is 27.5 Å². The molecular weight excluding hydrogens is 284 g/mol. The standard InChI is InChI=1S/C8H5BrClF3O/c9-4-2-6(11)3(1-5(4)10)7(14)8(12)13/h1-2,7-8,14H. The van der Waals surface area contributed by atoms with Gasteiger partial charge >= 0.3 is 0 Å². The molecule has 0 aliphatic heterocycles. The Morgan fingerprint density at radius 1 is 1.36 bits per heavy atom. The number of aliphatic hydroxyl groups is 1. The Labute approximate surface area is 91.6 Å². The van der Waals surface area contributed by atoms with Gasteiger partial charge in [0.25, 0.3) is 6.43 Å². The van der Waals surface area contributed by atoms with Gasteiger partial charge in [0.15, 0.2) is 0 Å². The smallest absolute Gasteiger partial charge is 0.268 e. The van der Waals surface area contributed by atoms with Crippen molar-refractivity contribution in [3.8, 4) is 0 Å². The highest BCUT2D eigenvalue weighted by molar-refractivity contribution is 9.10. The van der Waals surface area contributed by atoms with Crippen LogP contribution in [0, 0.1) is 5.82 Å². The fourth-order valence-corrected chi connectivity index (χ4v) is 1.39. The molecule has 1 nitrogen and oxygen atoms in total. The SMILES string of the molecule is OC(c1cc(Cl)c(Br)cc1F)C(F)F. The number of benzene rings is 1. The molecule has 1 unspecified atom stereocenters. The molecule has 14 heavy (non-hydrogen) atoms. The van der Waals surface area contributed by atoms with E-state index >= 15 is 0 Å². The molecule has 1 N–H and O–H groups in total. The fourth-order valence-electron chi connectivity index (χ4n) is 0.900. The van der Waals surface area contributed by atoms with Crippen LogP contribution in [-0.2, 0) is 0 Å². The van der Waals surface area contributed by atoms with Crippen molar-refractivity contribution < 1.29 is 18.3 Å². The molecule has 0 bridgehead atoms. The molecule has 78 valence electrons. The van der Waals surface area contributed by atoms with Crippen molar-refractivity contribution >= 4 is 27.5 Å².